The van der Waals surface area contributed by atoms with E-state index in [2.05, 4.69) is 11.4 Å². The molecule has 0 aliphatic carbocycles. The van der Waals surface area contributed by atoms with Crippen molar-refractivity contribution in [2.24, 2.45) is 0 Å². The normalized spacial score (nSPS) is 11.0. The molecule has 5 rings (SSSR count). The number of hydrogen-bond donors (Lipinski definition) is 1. The third-order valence-electron chi connectivity index (χ3n) is 5.48. The number of rotatable bonds is 3. The summed E-state index contributed by atoms with van der Waals surface area (Å²) in [4.78, 5) is 18.3. The van der Waals surface area contributed by atoms with E-state index in [4.69, 9.17) is 16.6 Å². The number of amides is 1. The highest BCUT2D eigenvalue weighted by molar-refractivity contribution is 6.30. The Balaban J connectivity index is 1.64. The lowest BCUT2D eigenvalue weighted by Crippen LogP contribution is -2.14. The van der Waals surface area contributed by atoms with Crippen molar-refractivity contribution in [3.05, 3.63) is 107 Å². The van der Waals surface area contributed by atoms with Gasteiger partial charge in [0.1, 0.15) is 0 Å². The van der Waals surface area contributed by atoms with Gasteiger partial charge in [-0.3, -0.25) is 4.79 Å². The maximum Gasteiger partial charge on any atom is 0.256 e. The molecule has 0 aliphatic heterocycles. The number of aryl methyl sites for hydroxylation is 1. The lowest BCUT2D eigenvalue weighted by molar-refractivity contribution is 0.102. The third kappa shape index (κ3) is 3.65. The summed E-state index contributed by atoms with van der Waals surface area (Å²) in [5.41, 5.74) is 4.85. The van der Waals surface area contributed by atoms with E-state index in [-0.39, 0.29) is 5.91 Å². The second-order valence-corrected chi connectivity index (χ2v) is 7.95. The molecule has 0 radical (unpaired) electrons. The molecule has 0 aliphatic rings. The monoisotopic (exact) mass is 422 g/mol. The molecule has 0 fully saturated rings. The van der Waals surface area contributed by atoms with Gasteiger partial charge >= 0.3 is 0 Å². The molecular weight excluding hydrogens is 404 g/mol. The molecule has 0 unspecified atom stereocenters. The average molecular weight is 423 g/mol. The molecule has 4 aromatic carbocycles. The first-order chi connectivity index (χ1) is 15.1. The largest absolute Gasteiger partial charge is 0.321 e. The maximum atomic E-state index is 13.5. The number of pyridine rings is 1. The highest BCUT2D eigenvalue weighted by Gasteiger charge is 2.16. The summed E-state index contributed by atoms with van der Waals surface area (Å²) in [6.07, 6.45) is 0. The first-order valence-electron chi connectivity index (χ1n) is 10.1. The SMILES string of the molecule is Cc1ccc2ccccc2c1NC(=O)c1cc(-c2ccc(Cl)cc2)nc2ccccc12. The van der Waals surface area contributed by atoms with Gasteiger partial charge in [0.2, 0.25) is 0 Å². The lowest BCUT2D eigenvalue weighted by Gasteiger charge is -2.14. The Labute approximate surface area is 185 Å². The molecule has 5 aromatic rings. The number of nitrogens with one attached hydrogen (secondary N) is 1. The Hall–Kier alpha value is -3.69. The van der Waals surface area contributed by atoms with Crippen molar-refractivity contribution in [2.45, 2.75) is 6.92 Å². The topological polar surface area (TPSA) is 42.0 Å². The van der Waals surface area contributed by atoms with E-state index in [1.165, 1.54) is 0 Å². The maximum absolute atomic E-state index is 13.5. The number of fused-ring (bicyclic) bond motifs is 2. The summed E-state index contributed by atoms with van der Waals surface area (Å²) >= 11 is 6.04. The number of halogens is 1. The van der Waals surface area contributed by atoms with Crippen LogP contribution in [-0.2, 0) is 0 Å². The highest BCUT2D eigenvalue weighted by Crippen LogP contribution is 2.30. The second-order valence-electron chi connectivity index (χ2n) is 7.51. The van der Waals surface area contributed by atoms with Crippen LogP contribution < -0.4 is 5.32 Å². The van der Waals surface area contributed by atoms with Crippen LogP contribution in [0.25, 0.3) is 32.9 Å². The highest BCUT2D eigenvalue weighted by atomic mass is 35.5. The molecule has 0 atom stereocenters. The van der Waals surface area contributed by atoms with Gasteiger partial charge < -0.3 is 5.32 Å². The van der Waals surface area contributed by atoms with E-state index in [1.54, 1.807) is 0 Å². The van der Waals surface area contributed by atoms with Crippen LogP contribution in [0.4, 0.5) is 5.69 Å². The minimum Gasteiger partial charge on any atom is -0.321 e. The molecule has 3 nitrogen and oxygen atoms in total. The second kappa shape index (κ2) is 7.86. The third-order valence-corrected chi connectivity index (χ3v) is 5.73. The summed E-state index contributed by atoms with van der Waals surface area (Å²) in [5.74, 6) is -0.159. The van der Waals surface area contributed by atoms with E-state index in [0.717, 1.165) is 44.2 Å². The fourth-order valence-electron chi connectivity index (χ4n) is 3.86. The van der Waals surface area contributed by atoms with Gasteiger partial charge in [-0.1, -0.05) is 78.3 Å². The van der Waals surface area contributed by atoms with E-state index in [0.29, 0.717) is 10.6 Å². The van der Waals surface area contributed by atoms with Crippen molar-refractivity contribution in [3.8, 4) is 11.3 Å². The fraction of sp³-hybridized carbons (Fsp3) is 0.0370. The molecule has 150 valence electrons. The summed E-state index contributed by atoms with van der Waals surface area (Å²) in [5, 5.41) is 6.75. The zero-order valence-corrected chi connectivity index (χ0v) is 17.6. The van der Waals surface area contributed by atoms with Gasteiger partial charge in [0, 0.05) is 21.4 Å². The lowest BCUT2D eigenvalue weighted by atomic mass is 10.0. The standard InChI is InChI=1S/C27H19ClN2O/c1-17-10-11-18-6-2-3-7-21(18)26(17)30-27(31)23-16-25(19-12-14-20(28)15-13-19)29-24-9-5-4-8-22(23)24/h2-16H,1H3,(H,30,31). The van der Waals surface area contributed by atoms with Gasteiger partial charge in [-0.2, -0.15) is 0 Å². The van der Waals surface area contributed by atoms with Crippen LogP contribution in [-0.4, -0.2) is 10.9 Å². The van der Waals surface area contributed by atoms with Gasteiger partial charge in [-0.25, -0.2) is 4.98 Å². The van der Waals surface area contributed by atoms with E-state index in [9.17, 15) is 4.79 Å². The number of hydrogen-bond acceptors (Lipinski definition) is 2. The molecule has 0 saturated carbocycles. The van der Waals surface area contributed by atoms with Gasteiger partial charge in [-0.05, 0) is 42.1 Å². The van der Waals surface area contributed by atoms with Crippen LogP contribution in [0.1, 0.15) is 15.9 Å². The summed E-state index contributed by atoms with van der Waals surface area (Å²) in [6, 6.07) is 29.2. The zero-order chi connectivity index (χ0) is 21.4. The summed E-state index contributed by atoms with van der Waals surface area (Å²) < 4.78 is 0. The first kappa shape index (κ1) is 19.3. The van der Waals surface area contributed by atoms with Crippen molar-refractivity contribution in [1.82, 2.24) is 4.98 Å². The zero-order valence-electron chi connectivity index (χ0n) is 16.9. The predicted octanol–water partition coefficient (Wildman–Crippen LogP) is 7.27. The van der Waals surface area contributed by atoms with Crippen molar-refractivity contribution in [1.29, 1.82) is 0 Å². The first-order valence-corrected chi connectivity index (χ1v) is 10.4. The van der Waals surface area contributed by atoms with Gasteiger partial charge in [0.25, 0.3) is 5.91 Å². The van der Waals surface area contributed by atoms with Crippen molar-refractivity contribution >= 4 is 44.9 Å². The average Bonchev–Trinajstić information content (AvgIpc) is 2.80. The smallest absolute Gasteiger partial charge is 0.256 e. The van der Waals surface area contributed by atoms with Crippen LogP contribution in [0.2, 0.25) is 5.02 Å². The van der Waals surface area contributed by atoms with Crippen molar-refractivity contribution < 1.29 is 4.79 Å². The number of para-hydroxylation sites is 1. The summed E-state index contributed by atoms with van der Waals surface area (Å²) in [6.45, 7) is 2.01. The molecule has 1 aromatic heterocycles. The number of nitrogens with zero attached hydrogens (tertiary/aromatic N) is 1. The van der Waals surface area contributed by atoms with Crippen LogP contribution in [0.3, 0.4) is 0 Å². The van der Waals surface area contributed by atoms with Crippen LogP contribution in [0, 0.1) is 6.92 Å². The van der Waals surface area contributed by atoms with E-state index >= 15 is 0 Å². The molecular formula is C27H19ClN2O. The van der Waals surface area contributed by atoms with E-state index in [1.807, 2.05) is 91.9 Å². The molecule has 4 heteroatoms. The Bertz CT molecular complexity index is 1440. The molecule has 0 saturated heterocycles. The predicted molar refractivity (Wildman–Crippen MR) is 129 cm³/mol. The Kier molecular flexibility index (Phi) is 4.89. The van der Waals surface area contributed by atoms with Crippen LogP contribution in [0.5, 0.6) is 0 Å². The molecule has 31 heavy (non-hydrogen) atoms. The van der Waals surface area contributed by atoms with Crippen molar-refractivity contribution in [2.75, 3.05) is 5.32 Å². The van der Waals surface area contributed by atoms with Crippen LogP contribution in [0.15, 0.2) is 91.0 Å². The minimum absolute atomic E-state index is 0.159. The quantitative estimate of drug-likeness (QED) is 0.332. The van der Waals surface area contributed by atoms with Gasteiger partial charge in [0.05, 0.1) is 22.5 Å². The van der Waals surface area contributed by atoms with Crippen molar-refractivity contribution in [3.63, 3.8) is 0 Å². The number of carbonyl (C=O) groups excluding carboxylic acids is 1. The molecule has 0 bridgehead atoms. The van der Waals surface area contributed by atoms with Gasteiger partial charge in [0.15, 0.2) is 0 Å². The number of carbonyl (C=O) groups is 1. The Morgan fingerprint density at radius 1 is 0.839 bits per heavy atom. The molecule has 1 amide bonds. The van der Waals surface area contributed by atoms with Gasteiger partial charge in [-0.15, -0.1) is 0 Å². The summed E-state index contributed by atoms with van der Waals surface area (Å²) in [7, 11) is 0. The molecule has 1 N–H and O–H groups in total. The Morgan fingerprint density at radius 3 is 2.35 bits per heavy atom. The minimum atomic E-state index is -0.159. The Morgan fingerprint density at radius 2 is 1.55 bits per heavy atom. The number of anilines is 1. The number of aromatic nitrogens is 1. The number of benzene rings is 4. The molecule has 0 spiro atoms. The van der Waals surface area contributed by atoms with Crippen LogP contribution >= 0.6 is 11.6 Å². The fourth-order valence-corrected chi connectivity index (χ4v) is 3.99. The van der Waals surface area contributed by atoms with E-state index < -0.39 is 0 Å². The molecule has 1 heterocycles.